The van der Waals surface area contributed by atoms with Crippen molar-refractivity contribution in [3.8, 4) is 0 Å². The first-order valence-corrected chi connectivity index (χ1v) is 7.45. The third-order valence-electron chi connectivity index (χ3n) is 4.03. The zero-order valence-electron chi connectivity index (χ0n) is 12.5. The van der Waals surface area contributed by atoms with E-state index in [2.05, 4.69) is 5.32 Å². The minimum atomic E-state index is 0.0333. The van der Waals surface area contributed by atoms with Crippen LogP contribution in [-0.2, 0) is 11.2 Å². The maximum absolute atomic E-state index is 12.4. The first-order valence-electron chi connectivity index (χ1n) is 7.45. The zero-order valence-corrected chi connectivity index (χ0v) is 12.5. The minimum Gasteiger partial charge on any atom is -0.359 e. The number of rotatable bonds is 4. The molecule has 3 N–H and O–H groups in total. The molecule has 0 aromatic heterocycles. The Hall–Kier alpha value is -1.88. The number of nitrogens with two attached hydrogens (primary N) is 1. The Morgan fingerprint density at radius 2 is 1.86 bits per heavy atom. The predicted octanol–water partition coefficient (Wildman–Crippen LogP) is 0.786. The molecule has 0 saturated carbocycles. The van der Waals surface area contributed by atoms with Crippen LogP contribution in [-0.4, -0.2) is 43.4 Å². The number of hydrogen-bond donors (Lipinski definition) is 2. The van der Waals surface area contributed by atoms with E-state index >= 15 is 0 Å². The number of likely N-dealkylation sites (tertiary alicyclic amines) is 1. The van der Waals surface area contributed by atoms with Crippen molar-refractivity contribution in [3.63, 3.8) is 0 Å². The lowest BCUT2D eigenvalue weighted by Gasteiger charge is -2.31. The van der Waals surface area contributed by atoms with E-state index < -0.39 is 0 Å². The summed E-state index contributed by atoms with van der Waals surface area (Å²) in [4.78, 5) is 25.8. The van der Waals surface area contributed by atoms with Crippen LogP contribution in [0, 0.1) is 5.92 Å². The van der Waals surface area contributed by atoms with Crippen molar-refractivity contribution in [2.75, 3.05) is 26.7 Å². The number of amides is 2. The van der Waals surface area contributed by atoms with E-state index in [1.54, 1.807) is 7.05 Å². The molecule has 114 valence electrons. The predicted molar refractivity (Wildman–Crippen MR) is 81.9 cm³/mol. The summed E-state index contributed by atoms with van der Waals surface area (Å²) in [6.45, 7) is 1.89. The van der Waals surface area contributed by atoms with Crippen LogP contribution in [0.5, 0.6) is 0 Å². The molecule has 2 rings (SSSR count). The third-order valence-corrected chi connectivity index (χ3v) is 4.03. The van der Waals surface area contributed by atoms with Gasteiger partial charge in [0.15, 0.2) is 0 Å². The Balaban J connectivity index is 1.93. The Kier molecular flexibility index (Phi) is 5.33. The molecule has 1 heterocycles. The fourth-order valence-corrected chi connectivity index (χ4v) is 2.71. The van der Waals surface area contributed by atoms with Crippen LogP contribution in [0.3, 0.4) is 0 Å². The molecule has 1 saturated heterocycles. The Morgan fingerprint density at radius 3 is 2.38 bits per heavy atom. The monoisotopic (exact) mass is 289 g/mol. The summed E-state index contributed by atoms with van der Waals surface area (Å²) >= 11 is 0. The van der Waals surface area contributed by atoms with Crippen molar-refractivity contribution in [2.45, 2.75) is 19.3 Å². The summed E-state index contributed by atoms with van der Waals surface area (Å²) in [5.74, 6) is 0.156. The second-order valence-corrected chi connectivity index (χ2v) is 5.42. The first-order chi connectivity index (χ1) is 10.2. The highest BCUT2D eigenvalue weighted by Gasteiger charge is 2.27. The molecule has 1 aliphatic rings. The molecule has 1 aliphatic heterocycles. The van der Waals surface area contributed by atoms with Crippen molar-refractivity contribution in [3.05, 3.63) is 35.4 Å². The summed E-state index contributed by atoms with van der Waals surface area (Å²) in [5.41, 5.74) is 7.36. The normalized spacial score (nSPS) is 15.8. The summed E-state index contributed by atoms with van der Waals surface area (Å²) < 4.78 is 0. The lowest BCUT2D eigenvalue weighted by molar-refractivity contribution is -0.125. The van der Waals surface area contributed by atoms with Gasteiger partial charge < -0.3 is 16.0 Å². The molecule has 1 aromatic rings. The molecule has 0 atom stereocenters. The minimum absolute atomic E-state index is 0.0333. The van der Waals surface area contributed by atoms with E-state index in [9.17, 15) is 9.59 Å². The van der Waals surface area contributed by atoms with Crippen LogP contribution in [0.25, 0.3) is 0 Å². The summed E-state index contributed by atoms with van der Waals surface area (Å²) in [7, 11) is 1.66. The molecule has 0 aliphatic carbocycles. The maximum Gasteiger partial charge on any atom is 0.253 e. The topological polar surface area (TPSA) is 75.4 Å². The average Bonchev–Trinajstić information content (AvgIpc) is 2.54. The molecule has 21 heavy (non-hydrogen) atoms. The largest absolute Gasteiger partial charge is 0.359 e. The number of nitrogens with zero attached hydrogens (tertiary/aromatic N) is 1. The van der Waals surface area contributed by atoms with Gasteiger partial charge >= 0.3 is 0 Å². The summed E-state index contributed by atoms with van der Waals surface area (Å²) in [6.07, 6.45) is 2.29. The van der Waals surface area contributed by atoms with Crippen LogP contribution in [0.2, 0.25) is 0 Å². The number of piperidine rings is 1. The van der Waals surface area contributed by atoms with Crippen molar-refractivity contribution in [1.29, 1.82) is 0 Å². The van der Waals surface area contributed by atoms with Crippen molar-refractivity contribution in [2.24, 2.45) is 11.7 Å². The molecule has 1 fully saturated rings. The van der Waals surface area contributed by atoms with Crippen LogP contribution in [0.15, 0.2) is 24.3 Å². The van der Waals surface area contributed by atoms with Gasteiger partial charge in [0.2, 0.25) is 5.91 Å². The van der Waals surface area contributed by atoms with E-state index in [1.165, 1.54) is 0 Å². The molecule has 0 bridgehead atoms. The molecular weight excluding hydrogens is 266 g/mol. The van der Waals surface area contributed by atoms with Gasteiger partial charge in [-0.15, -0.1) is 0 Å². The van der Waals surface area contributed by atoms with Gasteiger partial charge in [-0.2, -0.15) is 0 Å². The lowest BCUT2D eigenvalue weighted by Crippen LogP contribution is -2.42. The fraction of sp³-hybridized carbons (Fsp3) is 0.500. The average molecular weight is 289 g/mol. The van der Waals surface area contributed by atoms with Gasteiger partial charge in [-0.3, -0.25) is 9.59 Å². The van der Waals surface area contributed by atoms with Crippen LogP contribution in [0.4, 0.5) is 0 Å². The van der Waals surface area contributed by atoms with E-state index in [4.69, 9.17) is 5.73 Å². The standard InChI is InChI=1S/C16H23N3O2/c1-18-15(20)13-7-10-19(11-8-13)16(21)14-4-2-12(3-5-14)6-9-17/h2-5,13H,6-11,17H2,1H3,(H,18,20). The second kappa shape index (κ2) is 7.22. The highest BCUT2D eigenvalue weighted by atomic mass is 16.2. The van der Waals surface area contributed by atoms with Crippen LogP contribution >= 0.6 is 0 Å². The maximum atomic E-state index is 12.4. The van der Waals surface area contributed by atoms with Crippen molar-refractivity contribution < 1.29 is 9.59 Å². The van der Waals surface area contributed by atoms with Gasteiger partial charge in [0.05, 0.1) is 0 Å². The summed E-state index contributed by atoms with van der Waals surface area (Å²) in [6, 6.07) is 7.63. The first kappa shape index (κ1) is 15.5. The van der Waals surface area contributed by atoms with Crippen LogP contribution < -0.4 is 11.1 Å². The Bertz CT molecular complexity index is 491. The number of carbonyl (C=O) groups is 2. The van der Waals surface area contributed by atoms with Gasteiger partial charge in [0, 0.05) is 31.6 Å². The van der Waals surface area contributed by atoms with Gasteiger partial charge in [-0.25, -0.2) is 0 Å². The fourth-order valence-electron chi connectivity index (χ4n) is 2.71. The molecule has 0 spiro atoms. The molecule has 5 heteroatoms. The molecule has 5 nitrogen and oxygen atoms in total. The van der Waals surface area contributed by atoms with Gasteiger partial charge in [0.25, 0.3) is 5.91 Å². The van der Waals surface area contributed by atoms with Gasteiger partial charge in [-0.05, 0) is 43.5 Å². The molecule has 2 amide bonds. The number of nitrogens with one attached hydrogen (secondary N) is 1. The smallest absolute Gasteiger partial charge is 0.253 e. The highest BCUT2D eigenvalue weighted by molar-refractivity contribution is 5.94. The molecule has 0 unspecified atom stereocenters. The lowest BCUT2D eigenvalue weighted by atomic mass is 9.95. The molecular formula is C16H23N3O2. The number of hydrogen-bond acceptors (Lipinski definition) is 3. The Labute approximate surface area is 125 Å². The van der Waals surface area contributed by atoms with E-state index in [0.717, 1.165) is 24.8 Å². The molecule has 1 aromatic carbocycles. The SMILES string of the molecule is CNC(=O)C1CCN(C(=O)c2ccc(CCN)cc2)CC1. The van der Waals surface area contributed by atoms with Gasteiger partial charge in [-0.1, -0.05) is 12.1 Å². The zero-order chi connectivity index (χ0) is 15.2. The number of carbonyl (C=O) groups excluding carboxylic acids is 2. The van der Waals surface area contributed by atoms with E-state index in [-0.39, 0.29) is 17.7 Å². The quantitative estimate of drug-likeness (QED) is 0.860. The number of benzene rings is 1. The third kappa shape index (κ3) is 3.82. The highest BCUT2D eigenvalue weighted by Crippen LogP contribution is 2.19. The Morgan fingerprint density at radius 1 is 1.24 bits per heavy atom. The van der Waals surface area contributed by atoms with Crippen molar-refractivity contribution in [1.82, 2.24) is 10.2 Å². The van der Waals surface area contributed by atoms with Crippen molar-refractivity contribution >= 4 is 11.8 Å². The van der Waals surface area contributed by atoms with Crippen LogP contribution in [0.1, 0.15) is 28.8 Å². The summed E-state index contributed by atoms with van der Waals surface area (Å²) in [5, 5.41) is 2.68. The molecule has 0 radical (unpaired) electrons. The second-order valence-electron chi connectivity index (χ2n) is 5.42. The van der Waals surface area contributed by atoms with E-state index in [1.807, 2.05) is 29.2 Å². The van der Waals surface area contributed by atoms with Gasteiger partial charge in [0.1, 0.15) is 0 Å². The van der Waals surface area contributed by atoms with E-state index in [0.29, 0.717) is 25.2 Å².